The largest absolute Gasteiger partial charge is 0.465 e. The molecular formula is C25H21ClN4O6. The number of piperazine rings is 1. The summed E-state index contributed by atoms with van der Waals surface area (Å²) >= 11 is 5.91. The molecule has 36 heavy (non-hydrogen) atoms. The van der Waals surface area contributed by atoms with Crippen molar-refractivity contribution in [1.82, 2.24) is 4.90 Å². The van der Waals surface area contributed by atoms with Gasteiger partial charge in [0.25, 0.3) is 11.4 Å². The fraction of sp³-hybridized carbons (Fsp3) is 0.160. The van der Waals surface area contributed by atoms with Crippen molar-refractivity contribution in [1.29, 1.82) is 0 Å². The van der Waals surface area contributed by atoms with Crippen molar-refractivity contribution in [2.45, 2.75) is 0 Å². The summed E-state index contributed by atoms with van der Waals surface area (Å²) in [4.78, 5) is 35.5. The van der Waals surface area contributed by atoms with Gasteiger partial charge in [-0.05, 0) is 24.3 Å². The monoisotopic (exact) mass is 508 g/mol. The van der Waals surface area contributed by atoms with E-state index in [2.05, 4.69) is 4.90 Å². The minimum atomic E-state index is -0.909. The maximum absolute atomic E-state index is 11.1. The second-order valence-corrected chi connectivity index (χ2v) is 8.44. The van der Waals surface area contributed by atoms with Gasteiger partial charge in [-0.3, -0.25) is 20.2 Å². The van der Waals surface area contributed by atoms with Gasteiger partial charge in [0.2, 0.25) is 0 Å². The Kier molecular flexibility index (Phi) is 7.16. The highest BCUT2D eigenvalue weighted by atomic mass is 35.5. The number of anilines is 1. The molecule has 0 spiro atoms. The van der Waals surface area contributed by atoms with Crippen LogP contribution in [-0.4, -0.2) is 52.1 Å². The second-order valence-electron chi connectivity index (χ2n) is 8.03. The fourth-order valence-electron chi connectivity index (χ4n) is 4.25. The van der Waals surface area contributed by atoms with Gasteiger partial charge < -0.3 is 14.9 Å². The van der Waals surface area contributed by atoms with Crippen LogP contribution in [0.15, 0.2) is 72.8 Å². The molecule has 0 unspecified atom stereocenters. The zero-order chi connectivity index (χ0) is 25.8. The second kappa shape index (κ2) is 10.4. The number of benzene rings is 4. The lowest BCUT2D eigenvalue weighted by Gasteiger charge is -2.35. The molecule has 0 saturated carbocycles. The maximum atomic E-state index is 11.1. The van der Waals surface area contributed by atoms with Crippen molar-refractivity contribution >= 4 is 56.3 Å². The third kappa shape index (κ3) is 4.98. The number of amides is 1. The molecule has 0 aliphatic carbocycles. The quantitative estimate of drug-likeness (QED) is 0.267. The van der Waals surface area contributed by atoms with Crippen LogP contribution in [0.2, 0.25) is 5.02 Å². The summed E-state index contributed by atoms with van der Waals surface area (Å²) in [6.07, 6.45) is -0.909. The van der Waals surface area contributed by atoms with Gasteiger partial charge in [-0.2, -0.15) is 0 Å². The zero-order valence-corrected chi connectivity index (χ0v) is 19.7. The van der Waals surface area contributed by atoms with E-state index in [0.717, 1.165) is 11.1 Å². The lowest BCUT2D eigenvalue weighted by Crippen LogP contribution is -2.48. The number of non-ortho nitro benzene ring substituents is 2. The van der Waals surface area contributed by atoms with Crippen LogP contribution >= 0.6 is 11.6 Å². The molecule has 184 valence electrons. The van der Waals surface area contributed by atoms with Crippen LogP contribution in [0.5, 0.6) is 0 Å². The van der Waals surface area contributed by atoms with Crippen molar-refractivity contribution < 1.29 is 19.7 Å². The maximum Gasteiger partial charge on any atom is 0.407 e. The molecule has 1 aliphatic rings. The fourth-order valence-corrected chi connectivity index (χ4v) is 4.47. The van der Waals surface area contributed by atoms with E-state index in [9.17, 15) is 25.0 Å². The van der Waals surface area contributed by atoms with Gasteiger partial charge in [0.05, 0.1) is 20.6 Å². The van der Waals surface area contributed by atoms with Crippen molar-refractivity contribution in [2.75, 3.05) is 31.1 Å². The van der Waals surface area contributed by atoms with E-state index >= 15 is 0 Å². The molecule has 0 bridgehead atoms. The summed E-state index contributed by atoms with van der Waals surface area (Å²) in [5, 5.41) is 34.1. The predicted octanol–water partition coefficient (Wildman–Crippen LogP) is 5.95. The van der Waals surface area contributed by atoms with E-state index in [1.54, 1.807) is 48.5 Å². The highest BCUT2D eigenvalue weighted by Crippen LogP contribution is 2.34. The Hall–Kier alpha value is -4.44. The van der Waals surface area contributed by atoms with Gasteiger partial charge in [0, 0.05) is 59.8 Å². The van der Waals surface area contributed by atoms with Crippen LogP contribution in [0.4, 0.5) is 21.9 Å². The number of nitro groups is 2. The molecule has 11 heteroatoms. The van der Waals surface area contributed by atoms with Crippen LogP contribution in [0, 0.1) is 20.2 Å². The van der Waals surface area contributed by atoms with E-state index in [0.29, 0.717) is 47.4 Å². The molecule has 1 heterocycles. The number of halogens is 1. The molecule has 5 rings (SSSR count). The van der Waals surface area contributed by atoms with Crippen molar-refractivity contribution in [2.24, 2.45) is 0 Å². The topological polar surface area (TPSA) is 130 Å². The summed E-state index contributed by atoms with van der Waals surface area (Å²) in [5.74, 6) is 0. The third-order valence-corrected chi connectivity index (χ3v) is 6.34. The molecule has 4 aromatic rings. The Bertz CT molecular complexity index is 1470. The number of nitro benzene ring substituents is 2. The highest BCUT2D eigenvalue weighted by molar-refractivity contribution is 6.35. The van der Waals surface area contributed by atoms with Gasteiger partial charge in [0.1, 0.15) is 0 Å². The zero-order valence-electron chi connectivity index (χ0n) is 18.9. The molecule has 1 amide bonds. The molecule has 0 radical (unpaired) electrons. The standard InChI is InChI=1S/C15H15N3O4.C10H6ClNO2/c19-15(20)17-9-7-16(8-10-17)13-5-6-14(18(21)22)12-4-2-1-3-11(12)13;11-9-5-6-10(12(13)14)8-4-2-1-3-7(8)9/h1-6H,7-10H2,(H,19,20);1-6H. The summed E-state index contributed by atoms with van der Waals surface area (Å²) in [5.41, 5.74) is 1.08. The lowest BCUT2D eigenvalue weighted by molar-refractivity contribution is -0.383. The van der Waals surface area contributed by atoms with Crippen LogP contribution in [0.25, 0.3) is 21.5 Å². The normalized spacial score (nSPS) is 13.2. The van der Waals surface area contributed by atoms with Crippen LogP contribution in [0.1, 0.15) is 0 Å². The molecule has 0 aromatic heterocycles. The first-order valence-electron chi connectivity index (χ1n) is 11.0. The van der Waals surface area contributed by atoms with Crippen LogP contribution < -0.4 is 4.90 Å². The minimum Gasteiger partial charge on any atom is -0.465 e. The third-order valence-electron chi connectivity index (χ3n) is 6.01. The predicted molar refractivity (Wildman–Crippen MR) is 138 cm³/mol. The molecule has 4 aromatic carbocycles. The average molecular weight is 509 g/mol. The lowest BCUT2D eigenvalue weighted by atomic mass is 10.1. The Morgan fingerprint density at radius 2 is 1.19 bits per heavy atom. The van der Waals surface area contributed by atoms with Crippen LogP contribution in [0.3, 0.4) is 0 Å². The number of hydrogen-bond acceptors (Lipinski definition) is 6. The van der Waals surface area contributed by atoms with Crippen molar-refractivity contribution in [3.63, 3.8) is 0 Å². The first kappa shape index (κ1) is 24.7. The Labute approximate surface area is 210 Å². The molecular weight excluding hydrogens is 488 g/mol. The molecule has 1 saturated heterocycles. The first-order chi connectivity index (χ1) is 17.3. The Morgan fingerprint density at radius 3 is 1.72 bits per heavy atom. The Morgan fingerprint density at radius 1 is 0.722 bits per heavy atom. The molecule has 0 atom stereocenters. The number of carbonyl (C=O) groups is 1. The van der Waals surface area contributed by atoms with Crippen LogP contribution in [-0.2, 0) is 0 Å². The van der Waals surface area contributed by atoms with Gasteiger partial charge in [0.15, 0.2) is 0 Å². The van der Waals surface area contributed by atoms with Gasteiger partial charge >= 0.3 is 6.09 Å². The molecule has 1 aliphatic heterocycles. The van der Waals surface area contributed by atoms with E-state index in [1.165, 1.54) is 17.0 Å². The van der Waals surface area contributed by atoms with Gasteiger partial charge in [-0.25, -0.2) is 4.79 Å². The average Bonchev–Trinajstić information content (AvgIpc) is 2.88. The molecule has 10 nitrogen and oxygen atoms in total. The number of carboxylic acid groups (broad SMARTS) is 1. The van der Waals surface area contributed by atoms with E-state index in [4.69, 9.17) is 16.7 Å². The summed E-state index contributed by atoms with van der Waals surface area (Å²) in [6, 6.07) is 20.5. The van der Waals surface area contributed by atoms with Crippen molar-refractivity contribution in [3.8, 4) is 0 Å². The van der Waals surface area contributed by atoms with E-state index in [-0.39, 0.29) is 16.3 Å². The van der Waals surface area contributed by atoms with Crippen molar-refractivity contribution in [3.05, 3.63) is 98.0 Å². The number of fused-ring (bicyclic) bond motifs is 2. The smallest absolute Gasteiger partial charge is 0.407 e. The highest BCUT2D eigenvalue weighted by Gasteiger charge is 2.23. The first-order valence-corrected chi connectivity index (χ1v) is 11.4. The summed E-state index contributed by atoms with van der Waals surface area (Å²) < 4.78 is 0. The van der Waals surface area contributed by atoms with Gasteiger partial charge in [-0.15, -0.1) is 0 Å². The minimum absolute atomic E-state index is 0.0866. The number of hydrogen-bond donors (Lipinski definition) is 1. The molecule has 1 fully saturated rings. The van der Waals surface area contributed by atoms with E-state index in [1.807, 2.05) is 12.1 Å². The number of nitrogens with zero attached hydrogens (tertiary/aromatic N) is 4. The SMILES string of the molecule is O=C(O)N1CCN(c2ccc([N+](=O)[O-])c3ccccc23)CC1.O=[N+]([O-])c1ccc(Cl)c2ccccc12. The summed E-state index contributed by atoms with van der Waals surface area (Å²) in [6.45, 7) is 2.02. The molecule has 1 N–H and O–H groups in total. The Balaban J connectivity index is 0.000000187. The number of rotatable bonds is 3. The summed E-state index contributed by atoms with van der Waals surface area (Å²) in [7, 11) is 0. The van der Waals surface area contributed by atoms with E-state index < -0.39 is 11.0 Å². The van der Waals surface area contributed by atoms with Gasteiger partial charge in [-0.1, -0.05) is 48.0 Å².